The van der Waals surface area contributed by atoms with Gasteiger partial charge in [0.1, 0.15) is 28.8 Å². The van der Waals surface area contributed by atoms with Crippen LogP contribution in [0.15, 0.2) is 36.4 Å². The highest BCUT2D eigenvalue weighted by Gasteiger charge is 2.11. The van der Waals surface area contributed by atoms with Gasteiger partial charge in [0.25, 0.3) is 0 Å². The lowest BCUT2D eigenvalue weighted by Gasteiger charge is -2.13. The van der Waals surface area contributed by atoms with Gasteiger partial charge >= 0.3 is 0 Å². The molecule has 0 unspecified atom stereocenters. The minimum absolute atomic E-state index is 0.309. The second-order valence-corrected chi connectivity index (χ2v) is 4.40. The van der Waals surface area contributed by atoms with Crippen LogP contribution in [0.3, 0.4) is 0 Å². The van der Waals surface area contributed by atoms with Crippen LogP contribution in [0, 0.1) is 5.82 Å². The van der Waals surface area contributed by atoms with Crippen molar-refractivity contribution in [2.45, 2.75) is 6.54 Å². The molecule has 0 aliphatic carbocycles. The molecule has 0 heterocycles. The summed E-state index contributed by atoms with van der Waals surface area (Å²) in [5.74, 6) is 1.89. The van der Waals surface area contributed by atoms with E-state index in [0.717, 1.165) is 0 Å². The van der Waals surface area contributed by atoms with Gasteiger partial charge in [-0.15, -0.1) is 0 Å². The number of benzene rings is 2. The molecular formula is C16H18FNO3. The van der Waals surface area contributed by atoms with E-state index in [1.807, 2.05) is 0 Å². The molecular weight excluding hydrogens is 273 g/mol. The Morgan fingerprint density at radius 2 is 1.62 bits per heavy atom. The summed E-state index contributed by atoms with van der Waals surface area (Å²) in [5.41, 5.74) is 0.474. The van der Waals surface area contributed by atoms with E-state index >= 15 is 0 Å². The highest BCUT2D eigenvalue weighted by Crippen LogP contribution is 2.32. The highest BCUT2D eigenvalue weighted by molar-refractivity contribution is 5.45. The molecule has 1 N–H and O–H groups in total. The topological polar surface area (TPSA) is 39.7 Å². The monoisotopic (exact) mass is 291 g/mol. The Bertz CT molecular complexity index is 594. The second-order valence-electron chi connectivity index (χ2n) is 4.40. The summed E-state index contributed by atoms with van der Waals surface area (Å²) in [7, 11) is 4.88. The summed E-state index contributed by atoms with van der Waals surface area (Å²) in [5, 5.41) is 2.93. The molecule has 2 aromatic carbocycles. The summed E-state index contributed by atoms with van der Waals surface area (Å²) < 4.78 is 30.0. The van der Waals surface area contributed by atoms with Gasteiger partial charge < -0.3 is 19.5 Å². The van der Waals surface area contributed by atoms with Crippen LogP contribution in [-0.2, 0) is 6.54 Å². The minimum atomic E-state index is -0.309. The Balaban J connectivity index is 2.35. The summed E-state index contributed by atoms with van der Waals surface area (Å²) >= 11 is 0. The number of hydrogen-bond donors (Lipinski definition) is 1. The van der Waals surface area contributed by atoms with E-state index in [-0.39, 0.29) is 5.82 Å². The number of nitrogens with one attached hydrogen (secondary N) is 1. The molecule has 21 heavy (non-hydrogen) atoms. The van der Waals surface area contributed by atoms with Gasteiger partial charge in [0.15, 0.2) is 0 Å². The maximum Gasteiger partial charge on any atom is 0.134 e. The Labute approximate surface area is 123 Å². The first-order valence-corrected chi connectivity index (χ1v) is 6.51. The van der Waals surface area contributed by atoms with Crippen molar-refractivity contribution in [1.82, 2.24) is 5.32 Å². The van der Waals surface area contributed by atoms with Crippen LogP contribution < -0.4 is 19.5 Å². The molecule has 4 nitrogen and oxygen atoms in total. The zero-order valence-corrected chi connectivity index (χ0v) is 12.3. The third kappa shape index (κ3) is 3.64. The van der Waals surface area contributed by atoms with Crippen LogP contribution >= 0.6 is 0 Å². The smallest absolute Gasteiger partial charge is 0.134 e. The molecule has 0 atom stereocenters. The molecule has 0 saturated heterocycles. The zero-order chi connectivity index (χ0) is 15.2. The van der Waals surface area contributed by atoms with E-state index in [9.17, 15) is 4.39 Å². The van der Waals surface area contributed by atoms with Crippen molar-refractivity contribution in [1.29, 1.82) is 0 Å². The molecule has 0 saturated carbocycles. The van der Waals surface area contributed by atoms with Gasteiger partial charge in [-0.3, -0.25) is 0 Å². The standard InChI is InChI=1S/C16H18FNO3/c1-18-10-14-15(17)5-4-6-16(14)21-13-8-11(19-2)7-12(9-13)20-3/h4-9,18H,10H2,1-3H3. The normalized spacial score (nSPS) is 10.3. The summed E-state index contributed by atoms with van der Waals surface area (Å²) in [4.78, 5) is 0. The number of rotatable bonds is 6. The van der Waals surface area contributed by atoms with E-state index in [4.69, 9.17) is 14.2 Å². The lowest BCUT2D eigenvalue weighted by atomic mass is 10.2. The first kappa shape index (κ1) is 15.1. The maximum absolute atomic E-state index is 13.9. The predicted molar refractivity (Wildman–Crippen MR) is 78.8 cm³/mol. The first-order chi connectivity index (χ1) is 10.2. The van der Waals surface area contributed by atoms with Crippen molar-refractivity contribution in [2.24, 2.45) is 0 Å². The fourth-order valence-corrected chi connectivity index (χ4v) is 1.95. The zero-order valence-electron chi connectivity index (χ0n) is 12.3. The van der Waals surface area contributed by atoms with E-state index in [1.54, 1.807) is 51.6 Å². The number of methoxy groups -OCH3 is 2. The molecule has 0 radical (unpaired) electrons. The number of halogens is 1. The molecule has 2 aromatic rings. The van der Waals surface area contributed by atoms with Crippen molar-refractivity contribution < 1.29 is 18.6 Å². The van der Waals surface area contributed by atoms with Crippen molar-refractivity contribution in [3.63, 3.8) is 0 Å². The van der Waals surface area contributed by atoms with Crippen LogP contribution in [0.2, 0.25) is 0 Å². The molecule has 5 heteroatoms. The van der Waals surface area contributed by atoms with Gasteiger partial charge in [-0.1, -0.05) is 6.07 Å². The van der Waals surface area contributed by atoms with Crippen LogP contribution in [0.4, 0.5) is 4.39 Å². The van der Waals surface area contributed by atoms with Crippen LogP contribution in [0.5, 0.6) is 23.0 Å². The van der Waals surface area contributed by atoms with Gasteiger partial charge in [-0.2, -0.15) is 0 Å². The van der Waals surface area contributed by atoms with E-state index in [2.05, 4.69) is 5.32 Å². The molecule has 0 aliphatic rings. The van der Waals surface area contributed by atoms with Crippen molar-refractivity contribution >= 4 is 0 Å². The van der Waals surface area contributed by atoms with Crippen molar-refractivity contribution in [3.05, 3.63) is 47.8 Å². The summed E-state index contributed by atoms with van der Waals surface area (Å²) in [6, 6.07) is 9.93. The molecule has 0 spiro atoms. The van der Waals surface area contributed by atoms with Crippen LogP contribution in [-0.4, -0.2) is 21.3 Å². The van der Waals surface area contributed by atoms with Crippen LogP contribution in [0.25, 0.3) is 0 Å². The maximum atomic E-state index is 13.9. The average molecular weight is 291 g/mol. The third-order valence-corrected chi connectivity index (χ3v) is 2.98. The molecule has 0 amide bonds. The SMILES string of the molecule is CNCc1c(F)cccc1Oc1cc(OC)cc(OC)c1. The lowest BCUT2D eigenvalue weighted by Crippen LogP contribution is -2.08. The van der Waals surface area contributed by atoms with Crippen LogP contribution in [0.1, 0.15) is 5.56 Å². The van der Waals surface area contributed by atoms with Gasteiger partial charge in [0.2, 0.25) is 0 Å². The Hall–Kier alpha value is -2.27. The predicted octanol–water partition coefficient (Wildman–Crippen LogP) is 3.35. The van der Waals surface area contributed by atoms with Gasteiger partial charge in [-0.05, 0) is 19.2 Å². The number of ether oxygens (including phenoxy) is 3. The van der Waals surface area contributed by atoms with Gasteiger partial charge in [0.05, 0.1) is 14.2 Å². The average Bonchev–Trinajstić information content (AvgIpc) is 2.50. The minimum Gasteiger partial charge on any atom is -0.496 e. The van der Waals surface area contributed by atoms with Gasteiger partial charge in [0, 0.05) is 30.3 Å². The molecule has 0 fully saturated rings. The third-order valence-electron chi connectivity index (χ3n) is 2.98. The first-order valence-electron chi connectivity index (χ1n) is 6.51. The summed E-state index contributed by atoms with van der Waals surface area (Å²) in [6.07, 6.45) is 0. The Morgan fingerprint density at radius 1 is 1.00 bits per heavy atom. The molecule has 0 bridgehead atoms. The summed E-state index contributed by atoms with van der Waals surface area (Å²) in [6.45, 7) is 0.378. The second kappa shape index (κ2) is 6.95. The molecule has 0 aliphatic heterocycles. The van der Waals surface area contributed by atoms with E-state index < -0.39 is 0 Å². The number of hydrogen-bond acceptors (Lipinski definition) is 4. The molecule has 112 valence electrons. The van der Waals surface area contributed by atoms with Crippen molar-refractivity contribution in [3.8, 4) is 23.0 Å². The van der Waals surface area contributed by atoms with Crippen molar-refractivity contribution in [2.75, 3.05) is 21.3 Å². The molecule has 2 rings (SSSR count). The van der Waals surface area contributed by atoms with Gasteiger partial charge in [-0.25, -0.2) is 4.39 Å². The fourth-order valence-electron chi connectivity index (χ4n) is 1.95. The fraction of sp³-hybridized carbons (Fsp3) is 0.250. The lowest BCUT2D eigenvalue weighted by molar-refractivity contribution is 0.385. The largest absolute Gasteiger partial charge is 0.496 e. The molecule has 0 aromatic heterocycles. The quantitative estimate of drug-likeness (QED) is 0.886. The highest BCUT2D eigenvalue weighted by atomic mass is 19.1. The Kier molecular flexibility index (Phi) is 5.00. The van der Waals surface area contributed by atoms with E-state index in [1.165, 1.54) is 6.07 Å². The Morgan fingerprint density at radius 3 is 2.19 bits per heavy atom. The van der Waals surface area contributed by atoms with E-state index in [0.29, 0.717) is 35.1 Å².